The monoisotopic (exact) mass is 347 g/mol. The fourth-order valence-corrected chi connectivity index (χ4v) is 2.45. The lowest BCUT2D eigenvalue weighted by Crippen LogP contribution is -2.30. The highest BCUT2D eigenvalue weighted by Crippen LogP contribution is 2.29. The van der Waals surface area contributed by atoms with Crippen LogP contribution in [0.15, 0.2) is 18.2 Å². The van der Waals surface area contributed by atoms with Crippen LogP contribution in [0.5, 0.6) is 5.75 Å². The van der Waals surface area contributed by atoms with Crippen LogP contribution in [-0.2, 0) is 14.4 Å². The second kappa shape index (κ2) is 7.55. The number of rotatable bonds is 5. The molecule has 3 amide bonds. The number of amides is 3. The predicted molar refractivity (Wildman–Crippen MR) is 95.5 cm³/mol. The van der Waals surface area contributed by atoms with Crippen LogP contribution >= 0.6 is 0 Å². The fourth-order valence-electron chi connectivity index (χ4n) is 2.45. The van der Waals surface area contributed by atoms with Crippen molar-refractivity contribution in [2.45, 2.75) is 46.1 Å². The Kier molecular flexibility index (Phi) is 5.66. The molecule has 25 heavy (non-hydrogen) atoms. The van der Waals surface area contributed by atoms with Crippen molar-refractivity contribution in [2.75, 3.05) is 17.7 Å². The number of carbonyl (C=O) groups excluding carboxylic acids is 3. The van der Waals surface area contributed by atoms with Crippen molar-refractivity contribution in [1.29, 1.82) is 0 Å². The van der Waals surface area contributed by atoms with Gasteiger partial charge in [-0.1, -0.05) is 20.8 Å². The Morgan fingerprint density at radius 2 is 2.00 bits per heavy atom. The Morgan fingerprint density at radius 3 is 2.56 bits per heavy atom. The summed E-state index contributed by atoms with van der Waals surface area (Å²) in [6.45, 7) is 5.47. The molecule has 0 spiro atoms. The number of carbonyl (C=O) groups is 3. The molecule has 1 aliphatic heterocycles. The van der Waals surface area contributed by atoms with Crippen LogP contribution < -0.4 is 20.7 Å². The molecular weight excluding hydrogens is 322 g/mol. The smallest absolute Gasteiger partial charge is 0.229 e. The van der Waals surface area contributed by atoms with Crippen LogP contribution in [0.25, 0.3) is 0 Å². The lowest BCUT2D eigenvalue weighted by Gasteiger charge is -2.19. The van der Waals surface area contributed by atoms with Crippen molar-refractivity contribution in [3.05, 3.63) is 18.2 Å². The van der Waals surface area contributed by atoms with E-state index in [4.69, 9.17) is 4.74 Å². The number of nitrogens with one attached hydrogen (secondary N) is 3. The Bertz CT molecular complexity index is 679. The molecule has 2 rings (SSSR count). The van der Waals surface area contributed by atoms with Crippen molar-refractivity contribution in [1.82, 2.24) is 5.32 Å². The maximum absolute atomic E-state index is 12.1. The van der Waals surface area contributed by atoms with Gasteiger partial charge in [0, 0.05) is 36.1 Å². The summed E-state index contributed by atoms with van der Waals surface area (Å²) in [5.74, 6) is 0.142. The normalized spacial score (nSPS) is 17.0. The summed E-state index contributed by atoms with van der Waals surface area (Å²) >= 11 is 0. The molecule has 7 heteroatoms. The Balaban J connectivity index is 2.01. The summed E-state index contributed by atoms with van der Waals surface area (Å²) in [7, 11) is 1.50. The molecule has 1 fully saturated rings. The first kappa shape index (κ1) is 18.8. The zero-order valence-electron chi connectivity index (χ0n) is 15.1. The van der Waals surface area contributed by atoms with Gasteiger partial charge >= 0.3 is 0 Å². The van der Waals surface area contributed by atoms with Crippen molar-refractivity contribution >= 4 is 29.1 Å². The highest BCUT2D eigenvalue weighted by molar-refractivity contribution is 5.97. The predicted octanol–water partition coefficient (Wildman–Crippen LogP) is 2.29. The zero-order chi connectivity index (χ0) is 18.6. The van der Waals surface area contributed by atoms with Gasteiger partial charge in [0.05, 0.1) is 12.8 Å². The quantitative estimate of drug-likeness (QED) is 0.761. The van der Waals surface area contributed by atoms with E-state index in [1.165, 1.54) is 7.11 Å². The summed E-state index contributed by atoms with van der Waals surface area (Å²) in [5, 5.41) is 8.37. The fraction of sp³-hybridized carbons (Fsp3) is 0.500. The van der Waals surface area contributed by atoms with E-state index in [1.807, 2.05) is 20.8 Å². The van der Waals surface area contributed by atoms with Crippen LogP contribution in [-0.4, -0.2) is 30.9 Å². The molecule has 3 N–H and O–H groups in total. The van der Waals surface area contributed by atoms with Gasteiger partial charge in [-0.05, 0) is 18.6 Å². The summed E-state index contributed by atoms with van der Waals surface area (Å²) in [6.07, 6.45) is 1.37. The van der Waals surface area contributed by atoms with E-state index in [1.54, 1.807) is 18.2 Å². The maximum atomic E-state index is 12.1. The van der Waals surface area contributed by atoms with Crippen LogP contribution in [0.4, 0.5) is 11.4 Å². The summed E-state index contributed by atoms with van der Waals surface area (Å²) in [6, 6.07) is 4.94. The molecule has 1 aromatic rings. The molecule has 1 heterocycles. The first-order chi connectivity index (χ1) is 11.7. The third-order valence-electron chi connectivity index (χ3n) is 3.93. The summed E-state index contributed by atoms with van der Waals surface area (Å²) in [5.41, 5.74) is 0.590. The van der Waals surface area contributed by atoms with Gasteiger partial charge in [-0.2, -0.15) is 0 Å². The van der Waals surface area contributed by atoms with Crippen LogP contribution in [0, 0.1) is 5.41 Å². The molecule has 1 aliphatic rings. The van der Waals surface area contributed by atoms with Crippen LogP contribution in [0.3, 0.4) is 0 Å². The minimum absolute atomic E-state index is 0.0154. The zero-order valence-corrected chi connectivity index (χ0v) is 15.1. The van der Waals surface area contributed by atoms with Crippen molar-refractivity contribution in [2.24, 2.45) is 5.41 Å². The average Bonchev–Trinajstić information content (AvgIpc) is 2.92. The summed E-state index contributed by atoms with van der Waals surface area (Å²) < 4.78 is 5.31. The third-order valence-corrected chi connectivity index (χ3v) is 3.93. The lowest BCUT2D eigenvalue weighted by atomic mass is 9.95. The molecule has 1 aromatic carbocycles. The second-order valence-corrected chi connectivity index (χ2v) is 7.17. The van der Waals surface area contributed by atoms with Gasteiger partial charge in [0.1, 0.15) is 5.75 Å². The molecule has 0 aliphatic carbocycles. The average molecular weight is 347 g/mol. The highest BCUT2D eigenvalue weighted by atomic mass is 16.5. The molecule has 0 radical (unpaired) electrons. The molecule has 1 saturated heterocycles. The highest BCUT2D eigenvalue weighted by Gasteiger charge is 2.24. The van der Waals surface area contributed by atoms with Crippen LogP contribution in [0.2, 0.25) is 0 Å². The first-order valence-electron chi connectivity index (χ1n) is 8.28. The standard InChI is InChI=1S/C18H25N3O4/c1-18(2,3)17(24)21-13-7-5-11(9-14(13)25-4)20-16(23)10-12-6-8-15(22)19-12/h5,7,9,12H,6,8,10H2,1-4H3,(H,19,22)(H,20,23)(H,21,24). The first-order valence-corrected chi connectivity index (χ1v) is 8.28. The number of benzene rings is 1. The molecule has 0 aromatic heterocycles. The Labute approximate surface area is 147 Å². The van der Waals surface area contributed by atoms with E-state index in [-0.39, 0.29) is 30.2 Å². The van der Waals surface area contributed by atoms with Crippen molar-refractivity contribution < 1.29 is 19.1 Å². The summed E-state index contributed by atoms with van der Waals surface area (Å²) in [4.78, 5) is 35.4. The van der Waals surface area contributed by atoms with Gasteiger partial charge in [0.25, 0.3) is 0 Å². The lowest BCUT2D eigenvalue weighted by molar-refractivity contribution is -0.123. The SMILES string of the molecule is COc1cc(NC(=O)CC2CCC(=O)N2)ccc1NC(=O)C(C)(C)C. The molecule has 136 valence electrons. The van der Waals surface area contributed by atoms with Gasteiger partial charge in [0.15, 0.2) is 0 Å². The molecule has 1 atom stereocenters. The van der Waals surface area contributed by atoms with Gasteiger partial charge < -0.3 is 20.7 Å². The van der Waals surface area contributed by atoms with E-state index >= 15 is 0 Å². The number of hydrogen-bond acceptors (Lipinski definition) is 4. The third kappa shape index (κ3) is 5.20. The van der Waals surface area contributed by atoms with E-state index in [2.05, 4.69) is 16.0 Å². The molecular formula is C18H25N3O4. The van der Waals surface area contributed by atoms with E-state index in [0.717, 1.165) is 0 Å². The van der Waals surface area contributed by atoms with Crippen molar-refractivity contribution in [3.63, 3.8) is 0 Å². The van der Waals surface area contributed by atoms with Crippen molar-refractivity contribution in [3.8, 4) is 5.75 Å². The topological polar surface area (TPSA) is 96.5 Å². The second-order valence-electron chi connectivity index (χ2n) is 7.17. The largest absolute Gasteiger partial charge is 0.494 e. The molecule has 0 bridgehead atoms. The molecule has 0 saturated carbocycles. The van der Waals surface area contributed by atoms with E-state index in [0.29, 0.717) is 30.0 Å². The maximum Gasteiger partial charge on any atom is 0.229 e. The van der Waals surface area contributed by atoms with Crippen LogP contribution in [0.1, 0.15) is 40.0 Å². The van der Waals surface area contributed by atoms with E-state index in [9.17, 15) is 14.4 Å². The number of hydrogen-bond donors (Lipinski definition) is 3. The number of ether oxygens (including phenoxy) is 1. The van der Waals surface area contributed by atoms with Gasteiger partial charge in [-0.25, -0.2) is 0 Å². The number of anilines is 2. The molecule has 7 nitrogen and oxygen atoms in total. The molecule has 1 unspecified atom stereocenters. The number of methoxy groups -OCH3 is 1. The van der Waals surface area contributed by atoms with Gasteiger partial charge in [-0.15, -0.1) is 0 Å². The minimum atomic E-state index is -0.524. The van der Waals surface area contributed by atoms with Gasteiger partial charge in [0.2, 0.25) is 17.7 Å². The Hall–Kier alpha value is -2.57. The van der Waals surface area contributed by atoms with E-state index < -0.39 is 5.41 Å². The minimum Gasteiger partial charge on any atom is -0.494 e. The Morgan fingerprint density at radius 1 is 1.28 bits per heavy atom. The van der Waals surface area contributed by atoms with Gasteiger partial charge in [-0.3, -0.25) is 14.4 Å².